The van der Waals surface area contributed by atoms with E-state index in [1.165, 1.54) is 15.3 Å². The average molecular weight is 463 g/mol. The minimum atomic E-state index is 0.240. The molecule has 1 aliphatic rings. The number of hydrogen-bond donors (Lipinski definition) is 0. The highest BCUT2D eigenvalue weighted by Crippen LogP contribution is 2.43. The maximum Gasteiger partial charge on any atom is 0.228 e. The number of benzene rings is 2. The Morgan fingerprint density at radius 3 is 2.59 bits per heavy atom. The molecule has 32 heavy (non-hydrogen) atoms. The molecule has 5 heteroatoms. The number of hydrogen-bond acceptors (Lipinski definition) is 4. The molecule has 0 bridgehead atoms. The van der Waals surface area contributed by atoms with Crippen molar-refractivity contribution >= 4 is 22.9 Å². The van der Waals surface area contributed by atoms with Crippen molar-refractivity contribution in [3.8, 4) is 11.5 Å². The molecule has 2 aromatic heterocycles. The molecule has 4 aromatic rings. The van der Waals surface area contributed by atoms with Gasteiger partial charge in [0.1, 0.15) is 5.76 Å². The lowest BCUT2D eigenvalue weighted by Gasteiger charge is -2.36. The van der Waals surface area contributed by atoms with Gasteiger partial charge in [-0.05, 0) is 55.5 Å². The van der Waals surface area contributed by atoms with Crippen LogP contribution in [0.1, 0.15) is 50.9 Å². The first-order chi connectivity index (χ1) is 15.6. The Labute approximate surface area is 198 Å². The summed E-state index contributed by atoms with van der Waals surface area (Å²) in [5.41, 5.74) is 6.27. The second kappa shape index (κ2) is 8.86. The van der Waals surface area contributed by atoms with Crippen molar-refractivity contribution in [2.45, 2.75) is 46.2 Å². The lowest BCUT2D eigenvalue weighted by molar-refractivity contribution is 0.204. The first-order valence-electron chi connectivity index (χ1n) is 11.2. The largest absolute Gasteiger partial charge is 0.441 e. The summed E-state index contributed by atoms with van der Waals surface area (Å²) in [6.07, 6.45) is 2.18. The van der Waals surface area contributed by atoms with Gasteiger partial charge in [-0.3, -0.25) is 4.90 Å². The Hall–Kier alpha value is -2.40. The first kappa shape index (κ1) is 21.4. The third kappa shape index (κ3) is 3.81. The van der Waals surface area contributed by atoms with Crippen LogP contribution in [0.4, 0.5) is 0 Å². The van der Waals surface area contributed by atoms with Crippen LogP contribution < -0.4 is 0 Å². The number of thiophene rings is 1. The fraction of sp³-hybridized carbons (Fsp3) is 0.296. The molecule has 0 fully saturated rings. The van der Waals surface area contributed by atoms with Crippen molar-refractivity contribution in [3.05, 3.63) is 97.5 Å². The normalized spacial score (nSPS) is 16.3. The van der Waals surface area contributed by atoms with Crippen molar-refractivity contribution < 1.29 is 4.42 Å². The first-order valence-corrected chi connectivity index (χ1v) is 12.4. The summed E-state index contributed by atoms with van der Waals surface area (Å²) in [5.74, 6) is 1.45. The molecule has 2 aromatic carbocycles. The summed E-state index contributed by atoms with van der Waals surface area (Å²) in [7, 11) is 0. The van der Waals surface area contributed by atoms with Crippen molar-refractivity contribution in [3.63, 3.8) is 0 Å². The van der Waals surface area contributed by atoms with Gasteiger partial charge in [-0.25, -0.2) is 4.98 Å². The third-order valence-corrected chi connectivity index (χ3v) is 8.00. The molecule has 0 radical (unpaired) electrons. The summed E-state index contributed by atoms with van der Waals surface area (Å²) in [5, 5.41) is 0.659. The van der Waals surface area contributed by atoms with Crippen molar-refractivity contribution in [2.75, 3.05) is 6.54 Å². The third-order valence-electron chi connectivity index (χ3n) is 6.43. The monoisotopic (exact) mass is 462 g/mol. The summed E-state index contributed by atoms with van der Waals surface area (Å²) < 4.78 is 6.05. The van der Waals surface area contributed by atoms with E-state index in [9.17, 15) is 0 Å². The van der Waals surface area contributed by atoms with Crippen LogP contribution in [-0.2, 0) is 19.4 Å². The second-order valence-corrected chi connectivity index (χ2v) is 10.0. The number of rotatable bonds is 5. The van der Waals surface area contributed by atoms with Crippen LogP contribution in [0.2, 0.25) is 5.02 Å². The minimum Gasteiger partial charge on any atom is -0.441 e. The molecule has 5 rings (SSSR count). The van der Waals surface area contributed by atoms with Gasteiger partial charge in [0, 0.05) is 22.8 Å². The van der Waals surface area contributed by atoms with Gasteiger partial charge in [0.2, 0.25) is 5.89 Å². The molecule has 3 nitrogen and oxygen atoms in total. The molecular formula is C27H27ClN2OS. The van der Waals surface area contributed by atoms with E-state index in [0.717, 1.165) is 42.9 Å². The number of aromatic nitrogens is 1. The quantitative estimate of drug-likeness (QED) is 0.309. The zero-order valence-electron chi connectivity index (χ0n) is 18.7. The van der Waals surface area contributed by atoms with Crippen molar-refractivity contribution in [1.29, 1.82) is 0 Å². The van der Waals surface area contributed by atoms with Crippen LogP contribution in [0.3, 0.4) is 0 Å². The molecule has 1 aliphatic heterocycles. The van der Waals surface area contributed by atoms with Gasteiger partial charge >= 0.3 is 0 Å². The van der Waals surface area contributed by atoms with Crippen LogP contribution in [-0.4, -0.2) is 16.4 Å². The number of halogens is 1. The van der Waals surface area contributed by atoms with Gasteiger partial charge in [-0.1, -0.05) is 61.0 Å². The SMILES string of the molecule is CCc1c(C)sc2c1CCN(Cc1nc(-c3ccccc3Cl)oc1C)C2c1ccccc1. The molecule has 0 saturated carbocycles. The standard InChI is InChI=1S/C27H27ClN2OS/c1-4-20-18(3)32-26-21(20)14-15-30(25(26)19-10-6-5-7-11-19)16-24-17(2)31-27(29-24)22-12-8-9-13-23(22)28/h5-13,25H,4,14-16H2,1-3H3. The van der Waals surface area contributed by atoms with E-state index in [0.29, 0.717) is 10.9 Å². The molecule has 1 unspecified atom stereocenters. The maximum atomic E-state index is 6.39. The molecule has 0 spiro atoms. The zero-order chi connectivity index (χ0) is 22.2. The highest BCUT2D eigenvalue weighted by atomic mass is 35.5. The summed E-state index contributed by atoms with van der Waals surface area (Å²) in [6, 6.07) is 18.8. The Morgan fingerprint density at radius 1 is 1.09 bits per heavy atom. The van der Waals surface area contributed by atoms with E-state index in [1.54, 1.807) is 11.1 Å². The average Bonchev–Trinajstić information content (AvgIpc) is 3.32. The minimum absolute atomic E-state index is 0.240. The predicted molar refractivity (Wildman–Crippen MR) is 133 cm³/mol. The van der Waals surface area contributed by atoms with E-state index < -0.39 is 0 Å². The Morgan fingerprint density at radius 2 is 1.84 bits per heavy atom. The number of nitrogens with zero attached hydrogens (tertiary/aromatic N) is 2. The van der Waals surface area contributed by atoms with E-state index in [2.05, 4.69) is 49.1 Å². The lowest BCUT2D eigenvalue weighted by atomic mass is 9.91. The van der Waals surface area contributed by atoms with Crippen molar-refractivity contribution in [1.82, 2.24) is 9.88 Å². The molecule has 0 aliphatic carbocycles. The molecule has 0 amide bonds. The van der Waals surface area contributed by atoms with Gasteiger partial charge in [0.15, 0.2) is 0 Å². The van der Waals surface area contributed by atoms with E-state index in [-0.39, 0.29) is 6.04 Å². The van der Waals surface area contributed by atoms with Gasteiger partial charge in [-0.15, -0.1) is 11.3 Å². The topological polar surface area (TPSA) is 29.3 Å². The molecule has 3 heterocycles. The highest BCUT2D eigenvalue weighted by Gasteiger charge is 2.33. The molecule has 0 saturated heterocycles. The lowest BCUT2D eigenvalue weighted by Crippen LogP contribution is -2.35. The van der Waals surface area contributed by atoms with Crippen molar-refractivity contribution in [2.24, 2.45) is 0 Å². The highest BCUT2D eigenvalue weighted by molar-refractivity contribution is 7.12. The predicted octanol–water partition coefficient (Wildman–Crippen LogP) is 7.38. The Bertz CT molecular complexity index is 1240. The fourth-order valence-corrected chi connectivity index (χ4v) is 6.52. The summed E-state index contributed by atoms with van der Waals surface area (Å²) in [4.78, 5) is 10.4. The number of aryl methyl sites for hydroxylation is 2. The number of fused-ring (bicyclic) bond motifs is 1. The van der Waals surface area contributed by atoms with E-state index >= 15 is 0 Å². The number of oxazole rings is 1. The fourth-order valence-electron chi connectivity index (χ4n) is 4.84. The molecule has 1 atom stereocenters. The molecular weight excluding hydrogens is 436 g/mol. The van der Waals surface area contributed by atoms with Crippen LogP contribution in [0.25, 0.3) is 11.5 Å². The van der Waals surface area contributed by atoms with Crippen LogP contribution in [0.15, 0.2) is 59.0 Å². The summed E-state index contributed by atoms with van der Waals surface area (Å²) >= 11 is 8.36. The van der Waals surface area contributed by atoms with Crippen LogP contribution >= 0.6 is 22.9 Å². The zero-order valence-corrected chi connectivity index (χ0v) is 20.3. The van der Waals surface area contributed by atoms with Gasteiger partial charge in [-0.2, -0.15) is 0 Å². The van der Waals surface area contributed by atoms with Gasteiger partial charge in [0.25, 0.3) is 0 Å². The Kier molecular flexibility index (Phi) is 5.93. The summed E-state index contributed by atoms with van der Waals surface area (Å²) in [6.45, 7) is 8.29. The molecule has 0 N–H and O–H groups in total. The van der Waals surface area contributed by atoms with Gasteiger partial charge in [0.05, 0.1) is 22.3 Å². The smallest absolute Gasteiger partial charge is 0.228 e. The van der Waals surface area contributed by atoms with E-state index in [4.69, 9.17) is 21.0 Å². The van der Waals surface area contributed by atoms with Crippen LogP contribution in [0.5, 0.6) is 0 Å². The van der Waals surface area contributed by atoms with E-state index in [1.807, 2.05) is 42.5 Å². The van der Waals surface area contributed by atoms with Crippen LogP contribution in [0, 0.1) is 13.8 Å². The Balaban J connectivity index is 1.52. The second-order valence-electron chi connectivity index (χ2n) is 8.37. The molecule has 164 valence electrons. The maximum absolute atomic E-state index is 6.39. The van der Waals surface area contributed by atoms with Gasteiger partial charge < -0.3 is 4.42 Å².